The van der Waals surface area contributed by atoms with Crippen LogP contribution in [0.2, 0.25) is 0 Å². The fourth-order valence-electron chi connectivity index (χ4n) is 2.30. The number of hydrogen-bond acceptors (Lipinski definition) is 3. The van der Waals surface area contributed by atoms with E-state index in [-0.39, 0.29) is 0 Å². The molecular formula is C14H17N3S. The molecule has 3 nitrogen and oxygen atoms in total. The number of thioether (sulfide) groups is 1. The van der Waals surface area contributed by atoms with Gasteiger partial charge in [-0.15, -0.1) is 11.8 Å². The first-order chi connectivity index (χ1) is 8.83. The summed E-state index contributed by atoms with van der Waals surface area (Å²) in [6.07, 6.45) is 3.02. The lowest BCUT2D eigenvalue weighted by molar-refractivity contribution is 0.616. The third kappa shape index (κ3) is 2.44. The third-order valence-corrected chi connectivity index (χ3v) is 4.63. The Bertz CT molecular complexity index is 510. The Morgan fingerprint density at radius 1 is 1.39 bits per heavy atom. The van der Waals surface area contributed by atoms with Crippen molar-refractivity contribution in [1.29, 1.82) is 0 Å². The molecule has 0 fully saturated rings. The first-order valence-electron chi connectivity index (χ1n) is 6.25. The summed E-state index contributed by atoms with van der Waals surface area (Å²) in [7, 11) is 1.98. The molecule has 1 aromatic heterocycles. The van der Waals surface area contributed by atoms with Crippen LogP contribution in [0.3, 0.4) is 0 Å². The molecule has 0 saturated carbocycles. The van der Waals surface area contributed by atoms with Crippen LogP contribution in [0.4, 0.5) is 0 Å². The van der Waals surface area contributed by atoms with Crippen LogP contribution in [0.5, 0.6) is 0 Å². The molecule has 0 radical (unpaired) electrons. The number of benzene rings is 1. The highest BCUT2D eigenvalue weighted by molar-refractivity contribution is 8.00. The molecule has 0 spiro atoms. The van der Waals surface area contributed by atoms with E-state index < -0.39 is 0 Å². The molecule has 3 rings (SSSR count). The van der Waals surface area contributed by atoms with E-state index in [0.29, 0.717) is 5.25 Å². The molecule has 4 heteroatoms. The zero-order valence-electron chi connectivity index (χ0n) is 10.5. The van der Waals surface area contributed by atoms with Crippen LogP contribution < -0.4 is 5.32 Å². The number of rotatable bonds is 4. The van der Waals surface area contributed by atoms with Gasteiger partial charge in [0, 0.05) is 36.5 Å². The second kappa shape index (κ2) is 5.16. The van der Waals surface area contributed by atoms with Crippen molar-refractivity contribution in [2.75, 3.05) is 6.54 Å². The first kappa shape index (κ1) is 11.8. The van der Waals surface area contributed by atoms with Crippen LogP contribution in [-0.2, 0) is 20.0 Å². The van der Waals surface area contributed by atoms with Crippen molar-refractivity contribution in [3.8, 4) is 0 Å². The molecule has 2 heterocycles. The van der Waals surface area contributed by atoms with Crippen LogP contribution >= 0.6 is 11.8 Å². The summed E-state index contributed by atoms with van der Waals surface area (Å²) in [5.41, 5.74) is 2.73. The second-order valence-corrected chi connectivity index (χ2v) is 5.97. The number of aryl methyl sites for hydroxylation is 1. The zero-order valence-corrected chi connectivity index (χ0v) is 11.3. The van der Waals surface area contributed by atoms with Gasteiger partial charge >= 0.3 is 0 Å². The largest absolute Gasteiger partial charge is 0.310 e. The normalized spacial score (nSPS) is 17.9. The highest BCUT2D eigenvalue weighted by Gasteiger charge is 2.21. The Hall–Kier alpha value is -1.26. The van der Waals surface area contributed by atoms with Gasteiger partial charge in [-0.1, -0.05) is 18.2 Å². The zero-order chi connectivity index (χ0) is 12.4. The van der Waals surface area contributed by atoms with Gasteiger partial charge in [-0.2, -0.15) is 5.10 Å². The molecule has 2 aromatic rings. The minimum absolute atomic E-state index is 0.663. The Labute approximate surface area is 112 Å². The number of nitrogens with one attached hydrogen (secondary N) is 1. The predicted molar refractivity (Wildman–Crippen MR) is 74.7 cm³/mol. The van der Waals surface area contributed by atoms with Crippen LogP contribution in [0.15, 0.2) is 41.4 Å². The van der Waals surface area contributed by atoms with Crippen molar-refractivity contribution < 1.29 is 0 Å². The number of nitrogens with zero attached hydrogens (tertiary/aromatic N) is 2. The smallest absolute Gasteiger partial charge is 0.0518 e. The van der Waals surface area contributed by atoms with Gasteiger partial charge in [0.1, 0.15) is 0 Å². The molecule has 94 valence electrons. The van der Waals surface area contributed by atoms with Crippen molar-refractivity contribution >= 4 is 11.8 Å². The van der Waals surface area contributed by atoms with E-state index >= 15 is 0 Å². The van der Waals surface area contributed by atoms with Gasteiger partial charge in [0.25, 0.3) is 0 Å². The highest BCUT2D eigenvalue weighted by Crippen LogP contribution is 2.36. The molecule has 0 aliphatic carbocycles. The predicted octanol–water partition coefficient (Wildman–Crippen LogP) is 2.23. The average molecular weight is 259 g/mol. The molecule has 1 aliphatic rings. The van der Waals surface area contributed by atoms with Gasteiger partial charge in [0.15, 0.2) is 0 Å². The number of aromatic nitrogens is 2. The minimum Gasteiger partial charge on any atom is -0.310 e. The van der Waals surface area contributed by atoms with Crippen molar-refractivity contribution in [1.82, 2.24) is 15.1 Å². The molecule has 1 N–H and O–H groups in total. The standard InChI is InChI=1S/C14H17N3S/c1-17-12(6-7-16-17)9-15-10-13-8-11-4-2-3-5-14(11)18-13/h2-7,13,15H,8-10H2,1H3. The maximum Gasteiger partial charge on any atom is 0.0518 e. The lowest BCUT2D eigenvalue weighted by Gasteiger charge is -2.10. The summed E-state index contributed by atoms with van der Waals surface area (Å²) in [4.78, 5) is 1.45. The molecule has 0 amide bonds. The van der Waals surface area contributed by atoms with Crippen LogP contribution in [-0.4, -0.2) is 21.6 Å². The fourth-order valence-corrected chi connectivity index (χ4v) is 3.59. The van der Waals surface area contributed by atoms with Crippen LogP contribution in [0, 0.1) is 0 Å². The van der Waals surface area contributed by atoms with Gasteiger partial charge < -0.3 is 5.32 Å². The van der Waals surface area contributed by atoms with E-state index in [1.807, 2.05) is 29.7 Å². The number of fused-ring (bicyclic) bond motifs is 1. The molecule has 0 bridgehead atoms. The van der Waals surface area contributed by atoms with Gasteiger partial charge in [-0.3, -0.25) is 4.68 Å². The second-order valence-electron chi connectivity index (χ2n) is 4.63. The monoisotopic (exact) mass is 259 g/mol. The Balaban J connectivity index is 1.50. The van der Waals surface area contributed by atoms with Crippen molar-refractivity contribution in [2.45, 2.75) is 23.1 Å². The molecule has 18 heavy (non-hydrogen) atoms. The summed E-state index contributed by atoms with van der Waals surface area (Å²) < 4.78 is 1.92. The maximum absolute atomic E-state index is 4.17. The Morgan fingerprint density at radius 3 is 3.06 bits per heavy atom. The molecule has 0 saturated heterocycles. The average Bonchev–Trinajstić information content (AvgIpc) is 2.96. The summed E-state index contributed by atoms with van der Waals surface area (Å²) in [5.74, 6) is 0. The van der Waals surface area contributed by atoms with Crippen LogP contribution in [0.1, 0.15) is 11.3 Å². The van der Waals surface area contributed by atoms with Gasteiger partial charge in [-0.05, 0) is 24.1 Å². The molecule has 1 aliphatic heterocycles. The fraction of sp³-hybridized carbons (Fsp3) is 0.357. The van der Waals surface area contributed by atoms with Crippen molar-refractivity contribution in [3.05, 3.63) is 47.8 Å². The summed E-state index contributed by atoms with van der Waals surface area (Å²) in [5, 5.41) is 8.36. The van der Waals surface area contributed by atoms with Crippen LogP contribution in [0.25, 0.3) is 0 Å². The van der Waals surface area contributed by atoms with Crippen molar-refractivity contribution in [3.63, 3.8) is 0 Å². The van der Waals surface area contributed by atoms with E-state index in [0.717, 1.165) is 13.1 Å². The van der Waals surface area contributed by atoms with E-state index in [9.17, 15) is 0 Å². The lowest BCUT2D eigenvalue weighted by atomic mass is 10.1. The minimum atomic E-state index is 0.663. The Morgan fingerprint density at radius 2 is 2.28 bits per heavy atom. The Kier molecular flexibility index (Phi) is 3.39. The van der Waals surface area contributed by atoms with Gasteiger partial charge in [0.05, 0.1) is 5.69 Å². The van der Waals surface area contributed by atoms with Gasteiger partial charge in [-0.25, -0.2) is 0 Å². The molecule has 1 atom stereocenters. The maximum atomic E-state index is 4.17. The topological polar surface area (TPSA) is 29.9 Å². The molecule has 1 unspecified atom stereocenters. The van der Waals surface area contributed by atoms with Crippen molar-refractivity contribution in [2.24, 2.45) is 7.05 Å². The van der Waals surface area contributed by atoms with E-state index in [1.165, 1.54) is 22.6 Å². The van der Waals surface area contributed by atoms with E-state index in [2.05, 4.69) is 40.7 Å². The highest BCUT2D eigenvalue weighted by atomic mass is 32.2. The quantitative estimate of drug-likeness (QED) is 0.913. The molecule has 1 aromatic carbocycles. The molecular weight excluding hydrogens is 242 g/mol. The summed E-state index contributed by atoms with van der Waals surface area (Å²) >= 11 is 1.99. The lowest BCUT2D eigenvalue weighted by Crippen LogP contribution is -2.24. The first-order valence-corrected chi connectivity index (χ1v) is 7.13. The SMILES string of the molecule is Cn1nccc1CNCC1Cc2ccccc2S1. The third-order valence-electron chi connectivity index (χ3n) is 3.31. The summed E-state index contributed by atoms with van der Waals surface area (Å²) in [6.45, 7) is 1.94. The van der Waals surface area contributed by atoms with E-state index in [4.69, 9.17) is 0 Å². The summed E-state index contributed by atoms with van der Waals surface area (Å²) in [6, 6.07) is 10.8. The van der Waals surface area contributed by atoms with Gasteiger partial charge in [0.2, 0.25) is 0 Å². The van der Waals surface area contributed by atoms with E-state index in [1.54, 1.807) is 0 Å². The number of hydrogen-bond donors (Lipinski definition) is 1.